The molecule has 2 atom stereocenters. The molecule has 0 amide bonds. The van der Waals surface area contributed by atoms with Crippen LogP contribution < -0.4 is 14.3 Å². The summed E-state index contributed by atoms with van der Waals surface area (Å²) in [5.41, 5.74) is -1.16. The lowest BCUT2D eigenvalue weighted by Crippen LogP contribution is -2.41. The minimum atomic E-state index is -3.64. The molecule has 8 nitrogen and oxygen atoms in total. The molecule has 2 aliphatic rings. The van der Waals surface area contributed by atoms with Gasteiger partial charge in [-0.1, -0.05) is 20.8 Å². The van der Waals surface area contributed by atoms with E-state index in [1.807, 2.05) is 48.5 Å². The number of halogens is 1. The van der Waals surface area contributed by atoms with Crippen molar-refractivity contribution in [1.29, 1.82) is 0 Å². The molecule has 1 aromatic rings. The molecule has 3 heterocycles. The fraction of sp³-hybridized carbons (Fsp3) is 0.818. The number of rotatable bonds is 9. The topological polar surface area (TPSA) is 89.5 Å². The molecular formula is C22H36BBrO8S2. The Morgan fingerprint density at radius 3 is 2.38 bits per heavy atom. The quantitative estimate of drug-likeness (QED) is 0.244. The van der Waals surface area contributed by atoms with E-state index in [1.54, 1.807) is 6.92 Å². The van der Waals surface area contributed by atoms with Crippen LogP contribution in [0.4, 0.5) is 0 Å². The summed E-state index contributed by atoms with van der Waals surface area (Å²) in [6.07, 6.45) is -0.00620. The van der Waals surface area contributed by atoms with Gasteiger partial charge in [-0.3, -0.25) is 4.18 Å². The fourth-order valence-corrected chi connectivity index (χ4v) is 5.99. The average molecular weight is 583 g/mol. The normalized spacial score (nSPS) is 22.7. The van der Waals surface area contributed by atoms with Crippen LogP contribution in [-0.2, 0) is 28.3 Å². The van der Waals surface area contributed by atoms with Crippen LogP contribution in [0.15, 0.2) is 3.79 Å². The highest BCUT2D eigenvalue weighted by atomic mass is 79.9. The first-order valence-corrected chi connectivity index (χ1v) is 14.5. The molecule has 12 heteroatoms. The summed E-state index contributed by atoms with van der Waals surface area (Å²) in [6, 6.07) is 0. The van der Waals surface area contributed by atoms with Crippen molar-refractivity contribution in [2.24, 2.45) is 5.41 Å². The smallest absolute Gasteiger partial charge is 0.484 e. The summed E-state index contributed by atoms with van der Waals surface area (Å²) >= 11 is 5.02. The van der Waals surface area contributed by atoms with Crippen molar-refractivity contribution in [3.05, 3.63) is 3.79 Å². The lowest BCUT2D eigenvalue weighted by Gasteiger charge is -2.32. The second kappa shape index (κ2) is 10.2. The Kier molecular flexibility index (Phi) is 8.45. The highest BCUT2D eigenvalue weighted by molar-refractivity contribution is 9.11. The molecule has 34 heavy (non-hydrogen) atoms. The highest BCUT2D eigenvalue weighted by Crippen LogP contribution is 2.45. The Balaban J connectivity index is 1.53. The van der Waals surface area contributed by atoms with Crippen LogP contribution in [0.25, 0.3) is 0 Å². The number of thiophene rings is 1. The average Bonchev–Trinajstić information content (AvgIpc) is 3.15. The van der Waals surface area contributed by atoms with Crippen molar-refractivity contribution in [1.82, 2.24) is 0 Å². The predicted molar refractivity (Wildman–Crippen MR) is 137 cm³/mol. The van der Waals surface area contributed by atoms with Crippen molar-refractivity contribution in [3.8, 4) is 11.5 Å². The van der Waals surface area contributed by atoms with Crippen LogP contribution in [0.3, 0.4) is 0 Å². The number of fused-ring (bicyclic) bond motifs is 1. The van der Waals surface area contributed by atoms with E-state index in [0.29, 0.717) is 24.5 Å². The lowest BCUT2D eigenvalue weighted by molar-refractivity contribution is 0.00578. The van der Waals surface area contributed by atoms with Gasteiger partial charge in [-0.25, -0.2) is 0 Å². The van der Waals surface area contributed by atoms with Crippen molar-refractivity contribution in [2.75, 3.05) is 26.4 Å². The first-order chi connectivity index (χ1) is 15.5. The first-order valence-electron chi connectivity index (χ1n) is 11.5. The molecule has 0 bridgehead atoms. The van der Waals surface area contributed by atoms with Gasteiger partial charge in [-0.2, -0.15) is 8.42 Å². The summed E-state index contributed by atoms with van der Waals surface area (Å²) in [5, 5.41) is -0.659. The SMILES string of the molecule is CC(CCOCC1COc2c(Br)sc(B3OC(C)(C)C(C)(C)O3)c2O1)S(=O)(=O)OCC(C)(C)C. The maximum atomic E-state index is 12.3. The summed E-state index contributed by atoms with van der Waals surface area (Å²) < 4.78 is 61.7. The van der Waals surface area contributed by atoms with Gasteiger partial charge >= 0.3 is 7.12 Å². The molecule has 0 aliphatic carbocycles. The Morgan fingerprint density at radius 2 is 1.79 bits per heavy atom. The van der Waals surface area contributed by atoms with Crippen LogP contribution in [0.1, 0.15) is 61.8 Å². The molecule has 0 saturated carbocycles. The monoisotopic (exact) mass is 582 g/mol. The van der Waals surface area contributed by atoms with Gasteiger partial charge in [0.1, 0.15) is 10.4 Å². The summed E-state index contributed by atoms with van der Waals surface area (Å²) in [5.74, 6) is 1.24. The third-order valence-electron chi connectivity index (χ3n) is 6.09. The van der Waals surface area contributed by atoms with Crippen molar-refractivity contribution < 1.29 is 36.1 Å². The van der Waals surface area contributed by atoms with Crippen molar-refractivity contribution in [2.45, 2.75) is 84.4 Å². The van der Waals surface area contributed by atoms with E-state index >= 15 is 0 Å². The van der Waals surface area contributed by atoms with Gasteiger partial charge < -0.3 is 23.5 Å². The Labute approximate surface area is 216 Å². The van der Waals surface area contributed by atoms with Gasteiger partial charge in [0.2, 0.25) is 0 Å². The zero-order chi connectivity index (χ0) is 25.5. The first kappa shape index (κ1) is 28.2. The number of hydrogen-bond donors (Lipinski definition) is 0. The Morgan fingerprint density at radius 1 is 1.18 bits per heavy atom. The Bertz CT molecular complexity index is 954. The highest BCUT2D eigenvalue weighted by Gasteiger charge is 2.54. The molecule has 3 rings (SSSR count). The molecular weight excluding hydrogens is 547 g/mol. The predicted octanol–water partition coefficient (Wildman–Crippen LogP) is 4.14. The van der Waals surface area contributed by atoms with Crippen LogP contribution in [0, 0.1) is 5.41 Å². The van der Waals surface area contributed by atoms with Gasteiger partial charge in [0, 0.05) is 6.61 Å². The fourth-order valence-electron chi connectivity index (χ4n) is 3.17. The minimum Gasteiger partial charge on any atom is -0.484 e. The third-order valence-corrected chi connectivity index (χ3v) is 9.57. The molecule has 0 spiro atoms. The second-order valence-corrected chi connectivity index (χ2v) is 15.4. The summed E-state index contributed by atoms with van der Waals surface area (Å²) in [4.78, 5) is 0. The zero-order valence-electron chi connectivity index (χ0n) is 21.2. The maximum absolute atomic E-state index is 12.3. The number of ether oxygens (including phenoxy) is 3. The van der Waals surface area contributed by atoms with Crippen LogP contribution in [0.5, 0.6) is 11.5 Å². The third kappa shape index (κ3) is 6.49. The molecule has 2 aliphatic heterocycles. The van der Waals surface area contributed by atoms with E-state index in [1.165, 1.54) is 11.3 Å². The van der Waals surface area contributed by atoms with E-state index < -0.39 is 33.7 Å². The Hall–Kier alpha value is -0.365. The molecule has 2 unspecified atom stereocenters. The van der Waals surface area contributed by atoms with Crippen molar-refractivity contribution >= 4 is 49.3 Å². The van der Waals surface area contributed by atoms with Gasteiger partial charge in [-0.15, -0.1) is 11.3 Å². The van der Waals surface area contributed by atoms with E-state index in [4.69, 9.17) is 27.7 Å². The van der Waals surface area contributed by atoms with Gasteiger partial charge in [-0.05, 0) is 62.4 Å². The van der Waals surface area contributed by atoms with Gasteiger partial charge in [0.05, 0.1) is 34.4 Å². The largest absolute Gasteiger partial charge is 0.509 e. The van der Waals surface area contributed by atoms with Crippen molar-refractivity contribution in [3.63, 3.8) is 0 Å². The van der Waals surface area contributed by atoms with Crippen LogP contribution in [0.2, 0.25) is 0 Å². The van der Waals surface area contributed by atoms with E-state index in [0.717, 1.165) is 8.56 Å². The standard InChI is InChI=1S/C22H36BBrO8S2/c1-14(34(25,26)29-13-20(2,3)4)9-10-27-11-15-12-28-17-16(30-15)18(33-19(17)24)23-31-21(5,6)22(7,8)32-23/h14-15H,9-13H2,1-8H3. The molecule has 0 N–H and O–H groups in total. The number of hydrogen-bond acceptors (Lipinski definition) is 9. The zero-order valence-corrected chi connectivity index (χ0v) is 24.4. The molecule has 0 aromatic carbocycles. The van der Waals surface area contributed by atoms with Crippen LogP contribution in [-0.4, -0.2) is 64.5 Å². The van der Waals surface area contributed by atoms with Gasteiger partial charge in [0.15, 0.2) is 17.6 Å². The van der Waals surface area contributed by atoms with E-state index in [9.17, 15) is 8.42 Å². The summed E-state index contributed by atoms with van der Waals surface area (Å²) in [6.45, 7) is 16.5. The molecule has 1 saturated heterocycles. The molecule has 0 radical (unpaired) electrons. The summed E-state index contributed by atoms with van der Waals surface area (Å²) in [7, 11) is -4.20. The molecule has 194 valence electrons. The maximum Gasteiger partial charge on any atom is 0.509 e. The minimum absolute atomic E-state index is 0.150. The molecule has 1 aromatic heterocycles. The second-order valence-electron chi connectivity index (χ2n) is 11.0. The van der Waals surface area contributed by atoms with E-state index in [-0.39, 0.29) is 31.3 Å². The van der Waals surface area contributed by atoms with Gasteiger partial charge in [0.25, 0.3) is 10.1 Å². The molecule has 1 fully saturated rings. The van der Waals surface area contributed by atoms with Crippen LogP contribution >= 0.6 is 27.3 Å². The lowest BCUT2D eigenvalue weighted by atomic mass is 9.87. The van der Waals surface area contributed by atoms with E-state index in [2.05, 4.69) is 15.9 Å².